The number of carbonyl (C=O) groups excluding carboxylic acids is 3. The van der Waals surface area contributed by atoms with E-state index in [0.717, 1.165) is 11.1 Å². The highest BCUT2D eigenvalue weighted by Gasteiger charge is 2.63. The number of hydrogen-bond donors (Lipinski definition) is 1. The van der Waals surface area contributed by atoms with Crippen LogP contribution in [-0.2, 0) is 26.4 Å². The summed E-state index contributed by atoms with van der Waals surface area (Å²) in [4.78, 5) is 41.0. The van der Waals surface area contributed by atoms with E-state index in [0.29, 0.717) is 38.2 Å². The predicted molar refractivity (Wildman–Crippen MR) is 130 cm³/mol. The van der Waals surface area contributed by atoms with Gasteiger partial charge >= 0.3 is 6.09 Å². The SMILES string of the molecule is CC(=O)Nc1ccc(CN2C(=O)OC3(CCN(C(=O)C(C)C)CC3)C2(C)c2ccccc2)cc1. The summed E-state index contributed by atoms with van der Waals surface area (Å²) >= 11 is 0. The molecule has 7 heteroatoms. The molecule has 2 fully saturated rings. The molecule has 2 aliphatic heterocycles. The molecule has 180 valence electrons. The minimum absolute atomic E-state index is 0.0577. The lowest BCUT2D eigenvalue weighted by Gasteiger charge is -2.48. The van der Waals surface area contributed by atoms with Gasteiger partial charge in [-0.1, -0.05) is 56.3 Å². The monoisotopic (exact) mass is 463 g/mol. The van der Waals surface area contributed by atoms with Crippen molar-refractivity contribution in [2.45, 2.75) is 58.2 Å². The molecule has 1 unspecified atom stereocenters. The standard InChI is InChI=1S/C27H33N3O4/c1-19(2)24(32)29-16-14-27(15-17-29)26(4,22-8-6-5-7-9-22)30(25(33)34-27)18-21-10-12-23(13-11-21)28-20(3)31/h5-13,19H,14-18H2,1-4H3,(H,28,31). The zero-order chi connectivity index (χ0) is 24.5. The van der Waals surface area contributed by atoms with Crippen LogP contribution in [0.2, 0.25) is 0 Å². The highest BCUT2D eigenvalue weighted by molar-refractivity contribution is 5.88. The van der Waals surface area contributed by atoms with Crippen molar-refractivity contribution in [1.29, 1.82) is 0 Å². The molecule has 1 spiro atoms. The van der Waals surface area contributed by atoms with Crippen LogP contribution in [0.1, 0.15) is 51.7 Å². The summed E-state index contributed by atoms with van der Waals surface area (Å²) in [5.41, 5.74) is 1.24. The van der Waals surface area contributed by atoms with E-state index >= 15 is 0 Å². The van der Waals surface area contributed by atoms with E-state index in [-0.39, 0.29) is 23.8 Å². The number of benzene rings is 2. The lowest BCUT2D eigenvalue weighted by atomic mass is 9.70. The van der Waals surface area contributed by atoms with Crippen molar-refractivity contribution in [1.82, 2.24) is 9.80 Å². The highest BCUT2D eigenvalue weighted by Crippen LogP contribution is 2.52. The van der Waals surface area contributed by atoms with Gasteiger partial charge in [0.1, 0.15) is 11.1 Å². The van der Waals surface area contributed by atoms with Gasteiger partial charge in [-0.15, -0.1) is 0 Å². The van der Waals surface area contributed by atoms with E-state index in [1.807, 2.05) is 78.2 Å². The number of likely N-dealkylation sites (tertiary alicyclic amines) is 1. The van der Waals surface area contributed by atoms with Crippen LogP contribution in [-0.4, -0.2) is 46.4 Å². The number of amides is 3. The fourth-order valence-corrected chi connectivity index (χ4v) is 5.28. The molecule has 1 N–H and O–H groups in total. The molecular formula is C27H33N3O4. The van der Waals surface area contributed by atoms with Crippen LogP contribution < -0.4 is 5.32 Å². The number of rotatable bonds is 5. The molecule has 2 aromatic carbocycles. The molecule has 0 radical (unpaired) electrons. The maximum atomic E-state index is 13.3. The number of carbonyl (C=O) groups is 3. The molecule has 1 atom stereocenters. The molecular weight excluding hydrogens is 430 g/mol. The Morgan fingerprint density at radius 1 is 1.03 bits per heavy atom. The van der Waals surface area contributed by atoms with E-state index in [1.54, 1.807) is 0 Å². The van der Waals surface area contributed by atoms with E-state index in [1.165, 1.54) is 6.92 Å². The first-order chi connectivity index (χ1) is 16.2. The zero-order valence-electron chi connectivity index (χ0n) is 20.3. The van der Waals surface area contributed by atoms with Gasteiger partial charge in [-0.05, 0) is 30.2 Å². The van der Waals surface area contributed by atoms with Crippen molar-refractivity contribution in [3.63, 3.8) is 0 Å². The van der Waals surface area contributed by atoms with Crippen molar-refractivity contribution in [2.75, 3.05) is 18.4 Å². The molecule has 0 aromatic heterocycles. The summed E-state index contributed by atoms with van der Waals surface area (Å²) in [5.74, 6) is -0.0499. The van der Waals surface area contributed by atoms with Crippen LogP contribution in [0.3, 0.4) is 0 Å². The molecule has 0 saturated carbocycles. The molecule has 2 aromatic rings. The number of nitrogens with one attached hydrogen (secondary N) is 1. The molecule has 0 bridgehead atoms. The van der Waals surface area contributed by atoms with Gasteiger partial charge in [-0.25, -0.2) is 4.79 Å². The van der Waals surface area contributed by atoms with Gasteiger partial charge < -0.3 is 15.0 Å². The summed E-state index contributed by atoms with van der Waals surface area (Å²) in [5, 5.41) is 2.77. The van der Waals surface area contributed by atoms with Crippen molar-refractivity contribution in [3.8, 4) is 0 Å². The third-order valence-corrected chi connectivity index (χ3v) is 7.26. The average Bonchev–Trinajstić information content (AvgIpc) is 3.02. The first kappa shape index (κ1) is 23.8. The van der Waals surface area contributed by atoms with Crippen molar-refractivity contribution >= 4 is 23.6 Å². The minimum atomic E-state index is -0.727. The molecule has 4 rings (SSSR count). The van der Waals surface area contributed by atoms with E-state index in [9.17, 15) is 14.4 Å². The van der Waals surface area contributed by atoms with Crippen LogP contribution in [0.25, 0.3) is 0 Å². The summed E-state index contributed by atoms with van der Waals surface area (Å²) in [6.07, 6.45) is 0.821. The van der Waals surface area contributed by atoms with E-state index in [2.05, 4.69) is 12.2 Å². The highest BCUT2D eigenvalue weighted by atomic mass is 16.6. The molecule has 2 aliphatic rings. The largest absolute Gasteiger partial charge is 0.440 e. The summed E-state index contributed by atoms with van der Waals surface area (Å²) in [6, 6.07) is 17.5. The molecule has 0 aliphatic carbocycles. The maximum absolute atomic E-state index is 13.3. The van der Waals surface area contributed by atoms with Crippen LogP contribution >= 0.6 is 0 Å². The van der Waals surface area contributed by atoms with Crippen molar-refractivity contribution in [2.24, 2.45) is 5.92 Å². The van der Waals surface area contributed by atoms with Crippen LogP contribution in [0, 0.1) is 5.92 Å². The van der Waals surface area contributed by atoms with Crippen LogP contribution in [0.5, 0.6) is 0 Å². The number of hydrogen-bond acceptors (Lipinski definition) is 4. The molecule has 2 saturated heterocycles. The number of anilines is 1. The van der Waals surface area contributed by atoms with E-state index in [4.69, 9.17) is 4.74 Å². The first-order valence-electron chi connectivity index (χ1n) is 11.9. The molecule has 7 nitrogen and oxygen atoms in total. The predicted octanol–water partition coefficient (Wildman–Crippen LogP) is 4.53. The third-order valence-electron chi connectivity index (χ3n) is 7.26. The van der Waals surface area contributed by atoms with E-state index < -0.39 is 11.1 Å². The Hall–Kier alpha value is -3.35. The van der Waals surface area contributed by atoms with Gasteiger partial charge in [0.05, 0.1) is 6.54 Å². The first-order valence-corrected chi connectivity index (χ1v) is 11.9. The second kappa shape index (κ2) is 9.12. The Kier molecular flexibility index (Phi) is 6.39. The Morgan fingerprint density at radius 2 is 1.65 bits per heavy atom. The van der Waals surface area contributed by atoms with Crippen LogP contribution in [0.4, 0.5) is 10.5 Å². The molecule has 2 heterocycles. The Balaban J connectivity index is 1.65. The van der Waals surface area contributed by atoms with Crippen molar-refractivity contribution in [3.05, 3.63) is 65.7 Å². The van der Waals surface area contributed by atoms with Crippen molar-refractivity contribution < 1.29 is 19.1 Å². The van der Waals surface area contributed by atoms with Gasteiger partial charge in [-0.3, -0.25) is 14.5 Å². The molecule has 3 amide bonds. The minimum Gasteiger partial charge on any atom is -0.440 e. The number of nitrogens with zero attached hydrogens (tertiary/aromatic N) is 2. The number of piperidine rings is 1. The smallest absolute Gasteiger partial charge is 0.411 e. The summed E-state index contributed by atoms with van der Waals surface area (Å²) < 4.78 is 6.20. The normalized spacial score (nSPS) is 21.6. The molecule has 34 heavy (non-hydrogen) atoms. The fourth-order valence-electron chi connectivity index (χ4n) is 5.28. The zero-order valence-corrected chi connectivity index (χ0v) is 20.3. The van der Waals surface area contributed by atoms with Gasteiger partial charge in [0.2, 0.25) is 11.8 Å². The summed E-state index contributed by atoms with van der Waals surface area (Å²) in [6.45, 7) is 8.88. The van der Waals surface area contributed by atoms with Gasteiger partial charge in [-0.2, -0.15) is 0 Å². The summed E-state index contributed by atoms with van der Waals surface area (Å²) in [7, 11) is 0. The van der Waals surface area contributed by atoms with Gasteiger partial charge in [0.15, 0.2) is 0 Å². The Morgan fingerprint density at radius 3 is 2.21 bits per heavy atom. The van der Waals surface area contributed by atoms with Gasteiger partial charge in [0, 0.05) is 44.5 Å². The quantitative estimate of drug-likeness (QED) is 0.707. The van der Waals surface area contributed by atoms with Crippen LogP contribution in [0.15, 0.2) is 54.6 Å². The lowest BCUT2D eigenvalue weighted by Crippen LogP contribution is -2.59. The average molecular weight is 464 g/mol. The Bertz CT molecular complexity index is 1060. The second-order valence-corrected chi connectivity index (χ2v) is 9.74. The maximum Gasteiger partial charge on any atom is 0.411 e. The fraction of sp³-hybridized carbons (Fsp3) is 0.444. The lowest BCUT2D eigenvalue weighted by molar-refractivity contribution is -0.140. The number of ether oxygens (including phenoxy) is 1. The Labute approximate surface area is 201 Å². The third kappa shape index (κ3) is 4.15. The second-order valence-electron chi connectivity index (χ2n) is 9.74. The topological polar surface area (TPSA) is 79.0 Å². The van der Waals surface area contributed by atoms with Gasteiger partial charge in [0.25, 0.3) is 0 Å².